The Morgan fingerprint density at radius 2 is 0.913 bits per heavy atom. The van der Waals surface area contributed by atoms with E-state index in [0.717, 1.165) is 11.0 Å². The first kappa shape index (κ1) is 23.0. The van der Waals surface area contributed by atoms with Gasteiger partial charge in [-0.1, -0.05) is 22.6 Å². The third kappa shape index (κ3) is 22.0. The first-order chi connectivity index (χ1) is 11.3. The molecule has 0 atom stereocenters. The van der Waals surface area contributed by atoms with Gasteiger partial charge in [0.1, 0.15) is 6.61 Å². The van der Waals surface area contributed by atoms with Crippen LogP contribution in [0.15, 0.2) is 0 Å². The predicted octanol–water partition coefficient (Wildman–Crippen LogP) is 0.606. The third-order valence-electron chi connectivity index (χ3n) is 2.31. The molecule has 0 aromatic heterocycles. The van der Waals surface area contributed by atoms with Gasteiger partial charge in [-0.3, -0.25) is 0 Å². The smallest absolute Gasteiger partial charge is 0.329 e. The molecule has 0 aliphatic heterocycles. The summed E-state index contributed by atoms with van der Waals surface area (Å²) in [6, 6.07) is 0. The average Bonchev–Trinajstić information content (AvgIpc) is 2.53. The fourth-order valence-electron chi connectivity index (χ4n) is 1.31. The molecule has 0 bridgehead atoms. The summed E-state index contributed by atoms with van der Waals surface area (Å²) >= 11 is 2.26. The van der Waals surface area contributed by atoms with E-state index >= 15 is 0 Å². The van der Waals surface area contributed by atoms with Crippen LogP contribution in [0.1, 0.15) is 0 Å². The highest BCUT2D eigenvalue weighted by Gasteiger charge is 1.96. The lowest BCUT2D eigenvalue weighted by Gasteiger charge is -2.07. The van der Waals surface area contributed by atoms with Gasteiger partial charge >= 0.3 is 5.97 Å². The zero-order valence-corrected chi connectivity index (χ0v) is 15.5. The lowest BCUT2D eigenvalue weighted by Crippen LogP contribution is -2.15. The van der Waals surface area contributed by atoms with Gasteiger partial charge in [0.25, 0.3) is 0 Å². The predicted molar refractivity (Wildman–Crippen MR) is 91.4 cm³/mol. The number of hydrogen-bond donors (Lipinski definition) is 1. The number of alkyl halides is 1. The highest BCUT2D eigenvalue weighted by atomic mass is 127. The number of halogens is 1. The van der Waals surface area contributed by atoms with Crippen LogP contribution in [0, 0.1) is 0 Å². The summed E-state index contributed by atoms with van der Waals surface area (Å²) in [5.41, 5.74) is 0. The number of carboxylic acid groups (broad SMARTS) is 1. The highest BCUT2D eigenvalue weighted by molar-refractivity contribution is 14.1. The zero-order chi connectivity index (χ0) is 17.0. The van der Waals surface area contributed by atoms with E-state index in [0.29, 0.717) is 59.5 Å². The second-order valence-electron chi connectivity index (χ2n) is 4.20. The Bertz CT molecular complexity index is 255. The highest BCUT2D eigenvalue weighted by Crippen LogP contribution is 1.85. The minimum absolute atomic E-state index is 0.262. The second-order valence-corrected chi connectivity index (χ2v) is 5.28. The molecule has 0 aliphatic rings. The van der Waals surface area contributed by atoms with Crippen molar-refractivity contribution in [3.05, 3.63) is 0 Å². The minimum Gasteiger partial charge on any atom is -0.480 e. The average molecular weight is 450 g/mol. The maximum Gasteiger partial charge on any atom is 0.329 e. The molecule has 0 aliphatic carbocycles. The van der Waals surface area contributed by atoms with Crippen molar-refractivity contribution in [2.45, 2.75) is 0 Å². The number of aliphatic carboxylic acids is 1. The molecule has 0 aromatic carbocycles. The Kier molecular flexibility index (Phi) is 20.0. The summed E-state index contributed by atoms with van der Waals surface area (Å²) in [4.78, 5) is 10.2. The van der Waals surface area contributed by atoms with Gasteiger partial charge in [-0.2, -0.15) is 0 Å². The first-order valence-electron chi connectivity index (χ1n) is 7.51. The van der Waals surface area contributed by atoms with E-state index in [1.54, 1.807) is 0 Å². The van der Waals surface area contributed by atoms with Crippen LogP contribution >= 0.6 is 22.6 Å². The first-order valence-corrected chi connectivity index (χ1v) is 9.04. The van der Waals surface area contributed by atoms with Crippen molar-refractivity contribution < 1.29 is 38.3 Å². The lowest BCUT2D eigenvalue weighted by molar-refractivity contribution is -0.142. The van der Waals surface area contributed by atoms with Gasteiger partial charge in [0, 0.05) is 4.43 Å². The van der Waals surface area contributed by atoms with Crippen LogP contribution in [-0.4, -0.2) is 94.8 Å². The lowest BCUT2D eigenvalue weighted by atomic mass is 10.6. The van der Waals surface area contributed by atoms with Crippen LogP contribution < -0.4 is 0 Å². The standard InChI is InChI=1S/C14H27IO8/c15-1-2-18-3-4-19-5-6-20-7-8-21-9-10-22-11-12-23-13-14(16)17/h1-13H2,(H,16,17). The Morgan fingerprint density at radius 3 is 1.22 bits per heavy atom. The van der Waals surface area contributed by atoms with Crippen molar-refractivity contribution in [2.24, 2.45) is 0 Å². The molecule has 0 saturated carbocycles. The van der Waals surface area contributed by atoms with Gasteiger partial charge in [-0.15, -0.1) is 0 Å². The molecule has 0 rings (SSSR count). The van der Waals surface area contributed by atoms with E-state index < -0.39 is 5.97 Å². The Morgan fingerprint density at radius 1 is 0.609 bits per heavy atom. The summed E-state index contributed by atoms with van der Waals surface area (Å²) in [6.45, 7) is 5.28. The number of rotatable bonds is 19. The molecule has 0 fully saturated rings. The van der Waals surface area contributed by atoms with Crippen LogP contribution in [0.5, 0.6) is 0 Å². The van der Waals surface area contributed by atoms with Crippen molar-refractivity contribution in [1.82, 2.24) is 0 Å². The normalized spacial score (nSPS) is 11.0. The molecule has 138 valence electrons. The van der Waals surface area contributed by atoms with Gasteiger partial charge in [-0.05, 0) is 0 Å². The van der Waals surface area contributed by atoms with Crippen LogP contribution in [0.4, 0.5) is 0 Å². The van der Waals surface area contributed by atoms with Crippen LogP contribution in [-0.2, 0) is 33.2 Å². The van der Waals surface area contributed by atoms with Crippen LogP contribution in [0.2, 0.25) is 0 Å². The number of hydrogen-bond acceptors (Lipinski definition) is 7. The van der Waals surface area contributed by atoms with Gasteiger partial charge in [0.05, 0.1) is 72.7 Å². The Hall–Kier alpha value is -0.0400. The van der Waals surface area contributed by atoms with Crippen LogP contribution in [0.25, 0.3) is 0 Å². The fourth-order valence-corrected chi connectivity index (χ4v) is 1.63. The molecule has 8 nitrogen and oxygen atoms in total. The molecule has 23 heavy (non-hydrogen) atoms. The molecule has 0 heterocycles. The number of carbonyl (C=O) groups is 1. The van der Waals surface area contributed by atoms with Gasteiger partial charge in [0.2, 0.25) is 0 Å². The van der Waals surface area contributed by atoms with Crippen molar-refractivity contribution in [1.29, 1.82) is 0 Å². The summed E-state index contributed by atoms with van der Waals surface area (Å²) in [5.74, 6) is -0.983. The molecule has 0 radical (unpaired) electrons. The second kappa shape index (κ2) is 20.0. The van der Waals surface area contributed by atoms with Crippen molar-refractivity contribution in [3.8, 4) is 0 Å². The molecule has 9 heteroatoms. The number of ether oxygens (including phenoxy) is 6. The topological polar surface area (TPSA) is 92.7 Å². The molecular formula is C14H27IO8. The number of carboxylic acids is 1. The summed E-state index contributed by atoms with van der Waals surface area (Å²) in [7, 11) is 0. The van der Waals surface area contributed by atoms with Crippen molar-refractivity contribution >= 4 is 28.6 Å². The van der Waals surface area contributed by atoms with E-state index in [1.165, 1.54) is 0 Å². The molecule has 0 spiro atoms. The summed E-state index contributed by atoms with van der Waals surface area (Å²) in [6.07, 6.45) is 0. The molecule has 0 amide bonds. The Balaban J connectivity index is 2.96. The molecule has 1 N–H and O–H groups in total. The largest absolute Gasteiger partial charge is 0.480 e. The van der Waals surface area contributed by atoms with E-state index in [1.807, 2.05) is 0 Å². The summed E-state index contributed by atoms with van der Waals surface area (Å²) < 4.78 is 32.2. The third-order valence-corrected chi connectivity index (χ3v) is 2.75. The zero-order valence-electron chi connectivity index (χ0n) is 13.4. The minimum atomic E-state index is -0.983. The maximum atomic E-state index is 10.2. The molecule has 0 saturated heterocycles. The quantitative estimate of drug-likeness (QED) is 0.174. The monoisotopic (exact) mass is 450 g/mol. The van der Waals surface area contributed by atoms with E-state index in [-0.39, 0.29) is 13.2 Å². The molecule has 0 aromatic rings. The maximum absolute atomic E-state index is 10.2. The van der Waals surface area contributed by atoms with Gasteiger partial charge in [-0.25, -0.2) is 4.79 Å². The summed E-state index contributed by atoms with van der Waals surface area (Å²) in [5, 5.41) is 8.34. The van der Waals surface area contributed by atoms with E-state index in [9.17, 15) is 4.79 Å². The SMILES string of the molecule is O=C(O)COCCOCCOCCOCCOCCOCCI. The fraction of sp³-hybridized carbons (Fsp3) is 0.929. The van der Waals surface area contributed by atoms with E-state index in [2.05, 4.69) is 22.6 Å². The van der Waals surface area contributed by atoms with Gasteiger partial charge in [0.15, 0.2) is 0 Å². The van der Waals surface area contributed by atoms with E-state index in [4.69, 9.17) is 33.5 Å². The van der Waals surface area contributed by atoms with Crippen LogP contribution in [0.3, 0.4) is 0 Å². The van der Waals surface area contributed by atoms with Crippen molar-refractivity contribution in [2.75, 3.05) is 83.7 Å². The van der Waals surface area contributed by atoms with Crippen molar-refractivity contribution in [3.63, 3.8) is 0 Å². The molecule has 0 unspecified atom stereocenters. The van der Waals surface area contributed by atoms with Gasteiger partial charge < -0.3 is 33.5 Å². The Labute approximate surface area is 150 Å². The molecular weight excluding hydrogens is 423 g/mol.